The van der Waals surface area contributed by atoms with E-state index in [1.807, 2.05) is 25.5 Å². The minimum absolute atomic E-state index is 0.123. The van der Waals surface area contributed by atoms with E-state index in [2.05, 4.69) is 20.0 Å². The summed E-state index contributed by atoms with van der Waals surface area (Å²) in [4.78, 5) is 15.7. The van der Waals surface area contributed by atoms with E-state index in [-0.39, 0.29) is 6.10 Å². The molecule has 0 unspecified atom stereocenters. The van der Waals surface area contributed by atoms with Crippen molar-refractivity contribution in [2.75, 3.05) is 24.6 Å². The van der Waals surface area contributed by atoms with Gasteiger partial charge in [-0.2, -0.15) is 5.10 Å². The van der Waals surface area contributed by atoms with Crippen LogP contribution in [0.2, 0.25) is 5.02 Å². The van der Waals surface area contributed by atoms with Crippen molar-refractivity contribution < 1.29 is 9.13 Å². The molecule has 5 rings (SSSR count). The third-order valence-corrected chi connectivity index (χ3v) is 5.35. The minimum Gasteiger partial charge on any atom is -0.370 e. The molecule has 4 aromatic rings. The van der Waals surface area contributed by atoms with E-state index in [9.17, 15) is 4.39 Å². The first-order chi connectivity index (χ1) is 14.6. The quantitative estimate of drug-likeness (QED) is 0.498. The molecule has 30 heavy (non-hydrogen) atoms. The summed E-state index contributed by atoms with van der Waals surface area (Å²) >= 11 is 5.93. The standard InChI is InChI=1S/C21H18ClFN6O/c1-28-11-13(10-26-28)18-12-29(6-7-30-18)19-9-17-21(25-5-4-24-17)20(27-19)15-3-2-14(22)8-16(15)23/h2-5,8-11,18H,6-7,12H2,1H3/t18-/m0/s1. The Bertz CT molecular complexity index is 1230. The summed E-state index contributed by atoms with van der Waals surface area (Å²) < 4.78 is 22.4. The molecule has 1 aromatic carbocycles. The lowest BCUT2D eigenvalue weighted by Crippen LogP contribution is -2.38. The summed E-state index contributed by atoms with van der Waals surface area (Å²) in [6.07, 6.45) is 6.83. The zero-order chi connectivity index (χ0) is 20.7. The second-order valence-corrected chi connectivity index (χ2v) is 7.57. The fourth-order valence-corrected chi connectivity index (χ4v) is 3.81. The van der Waals surface area contributed by atoms with Gasteiger partial charge in [0.15, 0.2) is 0 Å². The molecule has 3 aromatic heterocycles. The number of pyridine rings is 1. The molecule has 152 valence electrons. The van der Waals surface area contributed by atoms with Gasteiger partial charge < -0.3 is 9.64 Å². The lowest BCUT2D eigenvalue weighted by Gasteiger charge is -2.33. The SMILES string of the molecule is Cn1cc([C@@H]2CN(c3cc4nccnc4c(-c4ccc(Cl)cc4F)n3)CCO2)cn1. The Morgan fingerprint density at radius 1 is 1.20 bits per heavy atom. The molecule has 7 nitrogen and oxygen atoms in total. The molecule has 1 saturated heterocycles. The molecule has 0 spiro atoms. The van der Waals surface area contributed by atoms with Crippen molar-refractivity contribution in [1.29, 1.82) is 0 Å². The summed E-state index contributed by atoms with van der Waals surface area (Å²) in [6, 6.07) is 6.42. The van der Waals surface area contributed by atoms with Crippen molar-refractivity contribution in [3.05, 3.63) is 65.5 Å². The number of ether oxygens (including phenoxy) is 1. The maximum atomic E-state index is 14.7. The van der Waals surface area contributed by atoms with Crippen LogP contribution in [0.25, 0.3) is 22.3 Å². The molecule has 9 heteroatoms. The van der Waals surface area contributed by atoms with Crippen molar-refractivity contribution in [2.24, 2.45) is 7.05 Å². The lowest BCUT2D eigenvalue weighted by atomic mass is 10.1. The Hall–Kier alpha value is -3.10. The number of halogens is 2. The van der Waals surface area contributed by atoms with E-state index in [4.69, 9.17) is 21.3 Å². The van der Waals surface area contributed by atoms with E-state index < -0.39 is 5.82 Å². The van der Waals surface area contributed by atoms with Crippen molar-refractivity contribution in [2.45, 2.75) is 6.10 Å². The number of fused-ring (bicyclic) bond motifs is 1. The van der Waals surface area contributed by atoms with Gasteiger partial charge in [0, 0.05) is 60.9 Å². The van der Waals surface area contributed by atoms with E-state index in [1.54, 1.807) is 29.2 Å². The number of hydrogen-bond donors (Lipinski definition) is 0. The van der Waals surface area contributed by atoms with Gasteiger partial charge in [0.2, 0.25) is 0 Å². The fourth-order valence-electron chi connectivity index (χ4n) is 3.66. The number of morpholine rings is 1. The maximum Gasteiger partial charge on any atom is 0.134 e. The lowest BCUT2D eigenvalue weighted by molar-refractivity contribution is 0.0395. The number of benzene rings is 1. The smallest absolute Gasteiger partial charge is 0.134 e. The highest BCUT2D eigenvalue weighted by atomic mass is 35.5. The van der Waals surface area contributed by atoms with Crippen molar-refractivity contribution in [1.82, 2.24) is 24.7 Å². The number of aryl methyl sites for hydroxylation is 1. The largest absolute Gasteiger partial charge is 0.370 e. The van der Waals surface area contributed by atoms with Gasteiger partial charge in [0.1, 0.15) is 28.9 Å². The molecule has 1 aliphatic rings. The first-order valence-electron chi connectivity index (χ1n) is 9.51. The number of aromatic nitrogens is 5. The number of anilines is 1. The third kappa shape index (κ3) is 3.48. The van der Waals surface area contributed by atoms with Crippen LogP contribution in [0, 0.1) is 5.82 Å². The topological polar surface area (TPSA) is 69.0 Å². The zero-order valence-corrected chi connectivity index (χ0v) is 16.9. The molecule has 0 bridgehead atoms. The van der Waals surface area contributed by atoms with Gasteiger partial charge in [0.25, 0.3) is 0 Å². The average Bonchev–Trinajstić information content (AvgIpc) is 3.20. The van der Waals surface area contributed by atoms with E-state index in [0.29, 0.717) is 52.8 Å². The molecular formula is C21H18ClFN6O. The van der Waals surface area contributed by atoms with E-state index in [1.165, 1.54) is 6.07 Å². The molecule has 0 saturated carbocycles. The highest BCUT2D eigenvalue weighted by molar-refractivity contribution is 6.30. The van der Waals surface area contributed by atoms with Crippen LogP contribution in [0.1, 0.15) is 11.7 Å². The van der Waals surface area contributed by atoms with Crippen LogP contribution < -0.4 is 4.90 Å². The molecule has 1 fully saturated rings. The molecule has 0 N–H and O–H groups in total. The Morgan fingerprint density at radius 2 is 2.07 bits per heavy atom. The normalized spacial score (nSPS) is 16.9. The number of nitrogens with zero attached hydrogens (tertiary/aromatic N) is 6. The minimum atomic E-state index is -0.450. The predicted molar refractivity (Wildman–Crippen MR) is 112 cm³/mol. The van der Waals surface area contributed by atoms with E-state index >= 15 is 0 Å². The van der Waals surface area contributed by atoms with Crippen LogP contribution in [0.15, 0.2) is 49.1 Å². The molecule has 0 aliphatic carbocycles. The van der Waals surface area contributed by atoms with Crippen molar-refractivity contribution in [3.63, 3.8) is 0 Å². The first-order valence-corrected chi connectivity index (χ1v) is 9.88. The molecule has 4 heterocycles. The van der Waals surface area contributed by atoms with Gasteiger partial charge in [-0.15, -0.1) is 0 Å². The summed E-state index contributed by atoms with van der Waals surface area (Å²) in [7, 11) is 1.88. The van der Waals surface area contributed by atoms with Crippen LogP contribution >= 0.6 is 11.6 Å². The second kappa shape index (κ2) is 7.62. The average molecular weight is 425 g/mol. The third-order valence-electron chi connectivity index (χ3n) is 5.12. The van der Waals surface area contributed by atoms with Crippen molar-refractivity contribution in [3.8, 4) is 11.3 Å². The number of rotatable bonds is 3. The van der Waals surface area contributed by atoms with Gasteiger partial charge in [-0.05, 0) is 18.2 Å². The predicted octanol–water partition coefficient (Wildman–Crippen LogP) is 3.80. The van der Waals surface area contributed by atoms with Crippen LogP contribution in [-0.4, -0.2) is 44.4 Å². The van der Waals surface area contributed by atoms with Crippen LogP contribution in [0.5, 0.6) is 0 Å². The Kier molecular flexibility index (Phi) is 4.80. The summed E-state index contributed by atoms with van der Waals surface area (Å²) in [5.41, 5.74) is 2.97. The summed E-state index contributed by atoms with van der Waals surface area (Å²) in [5, 5.41) is 4.56. The van der Waals surface area contributed by atoms with E-state index in [0.717, 1.165) is 5.56 Å². The Labute approximate surface area is 177 Å². The molecule has 1 aliphatic heterocycles. The zero-order valence-electron chi connectivity index (χ0n) is 16.2. The molecule has 1 atom stereocenters. The Morgan fingerprint density at radius 3 is 2.87 bits per heavy atom. The number of hydrogen-bond acceptors (Lipinski definition) is 6. The van der Waals surface area contributed by atoms with Crippen LogP contribution in [0.4, 0.5) is 10.2 Å². The van der Waals surface area contributed by atoms with Crippen LogP contribution in [0.3, 0.4) is 0 Å². The van der Waals surface area contributed by atoms with Gasteiger partial charge in [-0.3, -0.25) is 14.6 Å². The molecular weight excluding hydrogens is 407 g/mol. The van der Waals surface area contributed by atoms with Gasteiger partial charge >= 0.3 is 0 Å². The van der Waals surface area contributed by atoms with Gasteiger partial charge in [0.05, 0.1) is 18.3 Å². The van der Waals surface area contributed by atoms with Crippen molar-refractivity contribution >= 4 is 28.5 Å². The monoisotopic (exact) mass is 424 g/mol. The first kappa shape index (κ1) is 18.9. The fraction of sp³-hybridized carbons (Fsp3) is 0.238. The van der Waals surface area contributed by atoms with Gasteiger partial charge in [-0.25, -0.2) is 9.37 Å². The van der Waals surface area contributed by atoms with Gasteiger partial charge in [-0.1, -0.05) is 11.6 Å². The van der Waals surface area contributed by atoms with Crippen LogP contribution in [-0.2, 0) is 11.8 Å². The Balaban J connectivity index is 1.58. The summed E-state index contributed by atoms with van der Waals surface area (Å²) in [5.74, 6) is 0.249. The highest BCUT2D eigenvalue weighted by Crippen LogP contribution is 2.32. The summed E-state index contributed by atoms with van der Waals surface area (Å²) in [6.45, 7) is 1.81. The maximum absolute atomic E-state index is 14.7. The highest BCUT2D eigenvalue weighted by Gasteiger charge is 2.25. The molecule has 0 radical (unpaired) electrons. The molecule has 0 amide bonds. The second-order valence-electron chi connectivity index (χ2n) is 7.13.